The largest absolute Gasteiger partial charge is 0.470 e. The number of pyridine rings is 1. The molecule has 1 aromatic heterocycles. The SMILES string of the molecule is CCOC(=O)C1CC(Oc2ccc(S(=O)(=O)O)cc2)N(c2ccccn2)CC1[N+](=O)[O-]. The zero-order valence-corrected chi connectivity index (χ0v) is 17.3. The molecule has 12 heteroatoms. The number of hydrogen-bond donors (Lipinski definition) is 1. The average Bonchev–Trinajstić information content (AvgIpc) is 2.74. The van der Waals surface area contributed by atoms with Crippen LogP contribution in [0.5, 0.6) is 5.75 Å². The fraction of sp³-hybridized carbons (Fsp3) is 0.368. The lowest BCUT2D eigenvalue weighted by Gasteiger charge is -2.40. The second-order valence-electron chi connectivity index (χ2n) is 6.81. The summed E-state index contributed by atoms with van der Waals surface area (Å²) in [5.41, 5.74) is 0. The van der Waals surface area contributed by atoms with Gasteiger partial charge in [-0.05, 0) is 43.3 Å². The van der Waals surface area contributed by atoms with Crippen molar-refractivity contribution in [2.75, 3.05) is 18.1 Å². The molecule has 166 valence electrons. The van der Waals surface area contributed by atoms with Crippen LogP contribution in [0.3, 0.4) is 0 Å². The van der Waals surface area contributed by atoms with Crippen molar-refractivity contribution < 1.29 is 32.2 Å². The maximum absolute atomic E-state index is 12.4. The Hall–Kier alpha value is -3.25. The third kappa shape index (κ3) is 5.27. The molecule has 1 N–H and O–H groups in total. The second-order valence-corrected chi connectivity index (χ2v) is 8.23. The maximum atomic E-state index is 12.4. The monoisotopic (exact) mass is 451 g/mol. The lowest BCUT2D eigenvalue weighted by atomic mass is 9.90. The quantitative estimate of drug-likeness (QED) is 0.285. The zero-order valence-electron chi connectivity index (χ0n) is 16.5. The number of carbonyl (C=O) groups is 1. The van der Waals surface area contributed by atoms with Gasteiger partial charge in [0, 0.05) is 17.5 Å². The zero-order chi connectivity index (χ0) is 22.6. The smallest absolute Gasteiger partial charge is 0.316 e. The lowest BCUT2D eigenvalue weighted by molar-refractivity contribution is -0.529. The van der Waals surface area contributed by atoms with Gasteiger partial charge in [-0.3, -0.25) is 19.5 Å². The first-order valence-electron chi connectivity index (χ1n) is 9.42. The van der Waals surface area contributed by atoms with Gasteiger partial charge in [0.05, 0.1) is 18.0 Å². The standard InChI is InChI=1S/C19H21N3O8S/c1-2-29-19(23)15-11-18(30-13-6-8-14(9-7-13)31(26,27)28)21(12-16(15)22(24)25)17-5-3-4-10-20-17/h3-10,15-16,18H,2,11-12H2,1H3,(H,26,27,28). The molecule has 3 rings (SSSR count). The van der Waals surface area contributed by atoms with Crippen molar-refractivity contribution in [3.63, 3.8) is 0 Å². The maximum Gasteiger partial charge on any atom is 0.316 e. The summed E-state index contributed by atoms with van der Waals surface area (Å²) in [5, 5.41) is 11.7. The van der Waals surface area contributed by atoms with Gasteiger partial charge in [-0.2, -0.15) is 8.42 Å². The van der Waals surface area contributed by atoms with E-state index in [1.54, 1.807) is 30.0 Å². The number of rotatable bonds is 7. The number of hydrogen-bond acceptors (Lipinski definition) is 9. The first kappa shape index (κ1) is 22.4. The summed E-state index contributed by atoms with van der Waals surface area (Å²) in [7, 11) is -4.36. The van der Waals surface area contributed by atoms with Gasteiger partial charge in [0.15, 0.2) is 6.23 Å². The number of anilines is 1. The molecule has 1 aliphatic rings. The number of piperidine rings is 1. The summed E-state index contributed by atoms with van der Waals surface area (Å²) in [6, 6.07) is 8.89. The van der Waals surface area contributed by atoms with E-state index in [9.17, 15) is 23.3 Å². The van der Waals surface area contributed by atoms with Crippen LogP contribution in [0, 0.1) is 16.0 Å². The number of esters is 1. The molecule has 0 aliphatic carbocycles. The predicted molar refractivity (Wildman–Crippen MR) is 108 cm³/mol. The molecule has 0 spiro atoms. The van der Waals surface area contributed by atoms with Crippen molar-refractivity contribution in [3.05, 3.63) is 58.8 Å². The lowest BCUT2D eigenvalue weighted by Crippen LogP contribution is -2.57. The van der Waals surface area contributed by atoms with Gasteiger partial charge in [0.2, 0.25) is 6.04 Å². The van der Waals surface area contributed by atoms with Crippen molar-refractivity contribution in [1.82, 2.24) is 4.98 Å². The Morgan fingerprint density at radius 2 is 2.00 bits per heavy atom. The first-order chi connectivity index (χ1) is 14.7. The molecule has 31 heavy (non-hydrogen) atoms. The topological polar surface area (TPSA) is 149 Å². The Labute approximate surface area is 178 Å². The van der Waals surface area contributed by atoms with E-state index in [-0.39, 0.29) is 30.2 Å². The molecule has 0 saturated carbocycles. The van der Waals surface area contributed by atoms with E-state index < -0.39 is 39.2 Å². The molecule has 1 aromatic carbocycles. The van der Waals surface area contributed by atoms with Crippen LogP contribution >= 0.6 is 0 Å². The van der Waals surface area contributed by atoms with E-state index in [1.165, 1.54) is 30.5 Å². The van der Waals surface area contributed by atoms with E-state index in [0.29, 0.717) is 5.82 Å². The first-order valence-corrected chi connectivity index (χ1v) is 10.9. The molecular weight excluding hydrogens is 430 g/mol. The molecule has 3 atom stereocenters. The highest BCUT2D eigenvalue weighted by atomic mass is 32.2. The van der Waals surface area contributed by atoms with Crippen molar-refractivity contribution in [3.8, 4) is 5.75 Å². The fourth-order valence-corrected chi connectivity index (χ4v) is 3.87. The van der Waals surface area contributed by atoms with Crippen molar-refractivity contribution in [2.45, 2.75) is 30.5 Å². The summed E-state index contributed by atoms with van der Waals surface area (Å²) >= 11 is 0. The van der Waals surface area contributed by atoms with Gasteiger partial charge < -0.3 is 14.4 Å². The molecule has 0 amide bonds. The molecule has 1 fully saturated rings. The summed E-state index contributed by atoms with van der Waals surface area (Å²) < 4.78 is 42.6. The number of aromatic nitrogens is 1. The molecular formula is C19H21N3O8S. The summed E-state index contributed by atoms with van der Waals surface area (Å²) in [6.07, 6.45) is 0.685. The molecule has 3 unspecified atom stereocenters. The number of carbonyl (C=O) groups excluding carboxylic acids is 1. The predicted octanol–water partition coefficient (Wildman–Crippen LogP) is 1.77. The molecule has 2 aromatic rings. The van der Waals surface area contributed by atoms with Crippen molar-refractivity contribution in [2.24, 2.45) is 5.92 Å². The van der Waals surface area contributed by atoms with E-state index in [1.807, 2.05) is 0 Å². The van der Waals surface area contributed by atoms with E-state index in [4.69, 9.17) is 14.0 Å². The highest BCUT2D eigenvalue weighted by Gasteiger charge is 2.48. The van der Waals surface area contributed by atoms with Crippen LogP contribution < -0.4 is 9.64 Å². The summed E-state index contributed by atoms with van der Waals surface area (Å²) in [4.78, 5) is 29.1. The molecule has 2 heterocycles. The normalized spacial score (nSPS) is 21.4. The minimum atomic E-state index is -4.36. The summed E-state index contributed by atoms with van der Waals surface area (Å²) in [5.74, 6) is -1.03. The summed E-state index contributed by atoms with van der Waals surface area (Å²) in [6.45, 7) is 1.57. The van der Waals surface area contributed by atoms with Crippen molar-refractivity contribution >= 4 is 21.9 Å². The van der Waals surface area contributed by atoms with E-state index in [0.717, 1.165) is 0 Å². The van der Waals surface area contributed by atoms with Gasteiger partial charge in [-0.1, -0.05) is 6.07 Å². The van der Waals surface area contributed by atoms with Gasteiger partial charge in [0.25, 0.3) is 10.1 Å². The molecule has 1 aliphatic heterocycles. The molecule has 1 saturated heterocycles. The Bertz CT molecular complexity index is 1030. The number of benzene rings is 1. The highest BCUT2D eigenvalue weighted by molar-refractivity contribution is 7.85. The van der Waals surface area contributed by atoms with E-state index >= 15 is 0 Å². The van der Waals surface area contributed by atoms with Gasteiger partial charge >= 0.3 is 5.97 Å². The third-order valence-corrected chi connectivity index (χ3v) is 5.72. The van der Waals surface area contributed by atoms with Crippen LogP contribution in [0.25, 0.3) is 0 Å². The van der Waals surface area contributed by atoms with Crippen LogP contribution in [-0.2, 0) is 19.6 Å². The van der Waals surface area contributed by atoms with Crippen LogP contribution in [0.4, 0.5) is 5.82 Å². The fourth-order valence-electron chi connectivity index (χ4n) is 3.39. The average molecular weight is 451 g/mol. The molecule has 0 bridgehead atoms. The third-order valence-electron chi connectivity index (χ3n) is 4.85. The molecule has 11 nitrogen and oxygen atoms in total. The number of nitro groups is 1. The minimum absolute atomic E-state index is 0.0406. The Morgan fingerprint density at radius 3 is 2.55 bits per heavy atom. The van der Waals surface area contributed by atoms with Crippen LogP contribution in [0.2, 0.25) is 0 Å². The van der Waals surface area contributed by atoms with Gasteiger partial charge in [0.1, 0.15) is 17.5 Å². The van der Waals surface area contributed by atoms with Crippen LogP contribution in [0.1, 0.15) is 13.3 Å². The Morgan fingerprint density at radius 1 is 1.29 bits per heavy atom. The molecule has 0 radical (unpaired) electrons. The number of nitrogens with zero attached hydrogens (tertiary/aromatic N) is 3. The van der Waals surface area contributed by atoms with Crippen molar-refractivity contribution in [1.29, 1.82) is 0 Å². The second kappa shape index (κ2) is 9.27. The Balaban J connectivity index is 1.92. The van der Waals surface area contributed by atoms with Crippen LogP contribution in [-0.4, -0.2) is 54.3 Å². The van der Waals surface area contributed by atoms with Gasteiger partial charge in [-0.15, -0.1) is 0 Å². The van der Waals surface area contributed by atoms with Gasteiger partial charge in [-0.25, -0.2) is 4.98 Å². The Kier molecular flexibility index (Phi) is 6.71. The van der Waals surface area contributed by atoms with Crippen LogP contribution in [0.15, 0.2) is 53.6 Å². The highest BCUT2D eigenvalue weighted by Crippen LogP contribution is 2.31. The minimum Gasteiger partial charge on any atom is -0.470 e. The van der Waals surface area contributed by atoms with E-state index in [2.05, 4.69) is 4.98 Å². The number of ether oxygens (including phenoxy) is 2.